The lowest BCUT2D eigenvalue weighted by molar-refractivity contribution is -0.386. The van der Waals surface area contributed by atoms with Gasteiger partial charge in [0.2, 0.25) is 0 Å². The maximum Gasteiger partial charge on any atom is 0.318 e. The molecule has 1 spiro atoms. The van der Waals surface area contributed by atoms with Gasteiger partial charge in [0.1, 0.15) is 17.6 Å². The molecule has 6 heteroatoms. The fraction of sp³-hybridized carbons (Fsp3) is 0.900. The minimum absolute atomic E-state index is 0.0665. The number of hydrogen-bond acceptors (Lipinski definition) is 6. The summed E-state index contributed by atoms with van der Waals surface area (Å²) >= 11 is 0. The third kappa shape index (κ3) is 1.76. The summed E-state index contributed by atoms with van der Waals surface area (Å²) in [6, 6.07) is 0. The number of hydrogen-bond donors (Lipinski definition) is 0. The zero-order valence-electron chi connectivity index (χ0n) is 15.8. The van der Waals surface area contributed by atoms with Crippen LogP contribution in [0.1, 0.15) is 52.4 Å². The lowest BCUT2D eigenvalue weighted by Crippen LogP contribution is -2.73. The van der Waals surface area contributed by atoms with Crippen LogP contribution in [0.5, 0.6) is 0 Å². The lowest BCUT2D eigenvalue weighted by Gasteiger charge is -2.68. The summed E-state index contributed by atoms with van der Waals surface area (Å²) in [6.45, 7) is 4.09. The number of carbonyl (C=O) groups excluding carboxylic acids is 2. The summed E-state index contributed by atoms with van der Waals surface area (Å²) < 4.78 is 23.8. The van der Waals surface area contributed by atoms with E-state index >= 15 is 0 Å². The first kappa shape index (κ1) is 17.0. The van der Waals surface area contributed by atoms with Gasteiger partial charge in [0.05, 0.1) is 6.61 Å². The monoisotopic (exact) mass is 364 g/mol. The molecule has 6 rings (SSSR count). The predicted molar refractivity (Wildman–Crippen MR) is 89.8 cm³/mol. The second kappa shape index (κ2) is 5.22. The van der Waals surface area contributed by atoms with Gasteiger partial charge in [-0.15, -0.1) is 0 Å². The summed E-state index contributed by atoms with van der Waals surface area (Å²) in [5.41, 5.74) is -0.824. The number of fused-ring (bicyclic) bond motifs is 3. The Bertz CT molecular complexity index is 651. The maximum atomic E-state index is 13.0. The van der Waals surface area contributed by atoms with Crippen LogP contribution in [-0.2, 0) is 28.5 Å². The normalized spacial score (nSPS) is 54.3. The van der Waals surface area contributed by atoms with Gasteiger partial charge in [0.15, 0.2) is 5.79 Å². The predicted octanol–water partition coefficient (Wildman–Crippen LogP) is 2.44. The molecule has 0 aromatic carbocycles. The zero-order valence-corrected chi connectivity index (χ0v) is 15.8. The van der Waals surface area contributed by atoms with Crippen LogP contribution in [0.4, 0.5) is 0 Å². The smallest absolute Gasteiger partial charge is 0.318 e. The average molecular weight is 364 g/mol. The van der Waals surface area contributed by atoms with Crippen LogP contribution in [0.15, 0.2) is 0 Å². The van der Waals surface area contributed by atoms with Gasteiger partial charge in [-0.2, -0.15) is 0 Å². The molecule has 6 aliphatic rings. The highest BCUT2D eigenvalue weighted by Gasteiger charge is 2.80. The van der Waals surface area contributed by atoms with E-state index in [1.807, 2.05) is 6.92 Å². The van der Waals surface area contributed by atoms with Gasteiger partial charge in [-0.05, 0) is 44.9 Å². The van der Waals surface area contributed by atoms with Crippen LogP contribution in [0.3, 0.4) is 0 Å². The van der Waals surface area contributed by atoms with Gasteiger partial charge in [-0.3, -0.25) is 9.59 Å². The molecule has 0 aromatic rings. The molecule has 3 aliphatic carbocycles. The Labute approximate surface area is 153 Å². The summed E-state index contributed by atoms with van der Waals surface area (Å²) in [5, 5.41) is 0. The molecule has 3 aliphatic heterocycles. The van der Waals surface area contributed by atoms with E-state index in [4.69, 9.17) is 18.9 Å². The Kier molecular flexibility index (Phi) is 3.41. The molecule has 0 aromatic heterocycles. The maximum absolute atomic E-state index is 13.0. The summed E-state index contributed by atoms with van der Waals surface area (Å²) in [6.07, 6.45) is 5.38. The highest BCUT2D eigenvalue weighted by atomic mass is 16.7. The van der Waals surface area contributed by atoms with E-state index in [1.165, 1.54) is 6.92 Å². The molecular formula is C20H28O6. The SMILES string of the molecule is CO[C@@]12CC[C@]3(CO1)[C@@H]1CCC[C@H](OC(C)=O)[C@H]1C[C@H]1OC(=O)[C@@]2(C)[C@H]13. The first-order valence-electron chi connectivity index (χ1n) is 9.95. The van der Waals surface area contributed by atoms with E-state index in [1.54, 1.807) is 7.11 Å². The summed E-state index contributed by atoms with van der Waals surface area (Å²) in [4.78, 5) is 24.6. The molecule has 6 nitrogen and oxygen atoms in total. The highest BCUT2D eigenvalue weighted by Crippen LogP contribution is 2.73. The molecule has 3 saturated heterocycles. The second-order valence-electron chi connectivity index (χ2n) is 9.19. The van der Waals surface area contributed by atoms with Crippen molar-refractivity contribution < 1.29 is 28.5 Å². The summed E-state index contributed by atoms with van der Waals surface area (Å²) in [5.74, 6) is -0.470. The lowest BCUT2D eigenvalue weighted by atomic mass is 9.41. The summed E-state index contributed by atoms with van der Waals surface area (Å²) in [7, 11) is 1.65. The van der Waals surface area contributed by atoms with Crippen molar-refractivity contribution in [1.82, 2.24) is 0 Å². The van der Waals surface area contributed by atoms with Crippen LogP contribution < -0.4 is 0 Å². The Morgan fingerprint density at radius 1 is 1.27 bits per heavy atom. The molecule has 144 valence electrons. The largest absolute Gasteiger partial charge is 0.462 e. The van der Waals surface area contributed by atoms with Gasteiger partial charge in [0.25, 0.3) is 0 Å². The molecule has 26 heavy (non-hydrogen) atoms. The van der Waals surface area contributed by atoms with E-state index in [2.05, 4.69) is 0 Å². The van der Waals surface area contributed by atoms with Crippen LogP contribution >= 0.6 is 0 Å². The van der Waals surface area contributed by atoms with Gasteiger partial charge in [0, 0.05) is 37.7 Å². The van der Waals surface area contributed by atoms with Crippen LogP contribution in [-0.4, -0.2) is 43.7 Å². The molecule has 0 radical (unpaired) electrons. The molecule has 3 heterocycles. The van der Waals surface area contributed by atoms with Crippen molar-refractivity contribution >= 4 is 11.9 Å². The first-order chi connectivity index (χ1) is 12.4. The average Bonchev–Trinajstić information content (AvgIpc) is 2.90. The molecule has 0 amide bonds. The Hall–Kier alpha value is -1.14. The van der Waals surface area contributed by atoms with E-state index in [0.717, 1.165) is 38.5 Å². The minimum Gasteiger partial charge on any atom is -0.462 e. The van der Waals surface area contributed by atoms with Gasteiger partial charge >= 0.3 is 11.9 Å². The van der Waals surface area contributed by atoms with Crippen molar-refractivity contribution in [1.29, 1.82) is 0 Å². The standard InChI is InChI=1S/C20H28O6/c1-11(21)25-14-6-4-5-13-12(14)9-15-16-18(2,17(22)26-15)20(23-3)8-7-19(13,16)10-24-20/h12-16H,4-10H2,1-3H3/t12-,13+,14-,15+,16-,18+,19-,20-/m0/s1. The molecule has 8 atom stereocenters. The number of carbonyl (C=O) groups is 2. The van der Waals surface area contributed by atoms with Crippen LogP contribution in [0.25, 0.3) is 0 Å². The fourth-order valence-corrected chi connectivity index (χ4v) is 7.58. The number of rotatable bonds is 2. The van der Waals surface area contributed by atoms with Crippen molar-refractivity contribution in [2.45, 2.75) is 70.4 Å². The number of esters is 2. The fourth-order valence-electron chi connectivity index (χ4n) is 7.58. The van der Waals surface area contributed by atoms with E-state index < -0.39 is 11.2 Å². The minimum atomic E-state index is -0.859. The Balaban J connectivity index is 1.59. The third-order valence-electron chi connectivity index (χ3n) is 8.47. The van der Waals surface area contributed by atoms with Crippen molar-refractivity contribution in [2.75, 3.05) is 13.7 Å². The number of ether oxygens (including phenoxy) is 4. The zero-order chi connectivity index (χ0) is 18.3. The number of methoxy groups -OCH3 is 1. The molecule has 0 N–H and O–H groups in total. The molecular weight excluding hydrogens is 336 g/mol. The van der Waals surface area contributed by atoms with Crippen molar-refractivity contribution in [3.05, 3.63) is 0 Å². The molecule has 2 bridgehead atoms. The molecule has 0 unspecified atom stereocenters. The van der Waals surface area contributed by atoms with Gasteiger partial charge < -0.3 is 18.9 Å². The van der Waals surface area contributed by atoms with Crippen LogP contribution in [0.2, 0.25) is 0 Å². The highest BCUT2D eigenvalue weighted by molar-refractivity contribution is 5.81. The van der Waals surface area contributed by atoms with Crippen molar-refractivity contribution in [2.24, 2.45) is 28.6 Å². The van der Waals surface area contributed by atoms with Gasteiger partial charge in [-0.1, -0.05) is 0 Å². The molecule has 3 saturated carbocycles. The first-order valence-corrected chi connectivity index (χ1v) is 9.95. The van der Waals surface area contributed by atoms with E-state index in [0.29, 0.717) is 12.5 Å². The second-order valence-corrected chi connectivity index (χ2v) is 9.19. The van der Waals surface area contributed by atoms with Crippen molar-refractivity contribution in [3.8, 4) is 0 Å². The van der Waals surface area contributed by atoms with Gasteiger partial charge in [-0.25, -0.2) is 0 Å². The van der Waals surface area contributed by atoms with E-state index in [9.17, 15) is 9.59 Å². The quantitative estimate of drug-likeness (QED) is 0.701. The van der Waals surface area contributed by atoms with Crippen molar-refractivity contribution in [3.63, 3.8) is 0 Å². The topological polar surface area (TPSA) is 71.1 Å². The van der Waals surface area contributed by atoms with Crippen LogP contribution in [0, 0.1) is 28.6 Å². The Morgan fingerprint density at radius 3 is 2.73 bits per heavy atom. The molecule has 6 fully saturated rings. The third-order valence-corrected chi connectivity index (χ3v) is 8.47. The Morgan fingerprint density at radius 2 is 2.08 bits per heavy atom. The van der Waals surface area contributed by atoms with E-state index in [-0.39, 0.29) is 41.4 Å².